The summed E-state index contributed by atoms with van der Waals surface area (Å²) in [6.07, 6.45) is 5.35. The molecule has 0 aromatic heterocycles. The number of allylic oxidation sites excluding steroid dienone is 2. The second kappa shape index (κ2) is 6.43. The molecule has 0 saturated heterocycles. The molecule has 0 aromatic rings. The lowest BCUT2D eigenvalue weighted by Crippen LogP contribution is -2.23. The van der Waals surface area contributed by atoms with Gasteiger partial charge in [-0.05, 0) is 18.9 Å². The molecule has 0 bridgehead atoms. The molecule has 0 heterocycles. The Hall–Kier alpha value is -1.09. The zero-order valence-corrected chi connectivity index (χ0v) is 8.28. The Balaban J connectivity index is 4.69. The molecule has 0 radical (unpaired) electrons. The average molecular weight is 184 g/mol. The lowest BCUT2D eigenvalue weighted by Gasteiger charge is -2.11. The lowest BCUT2D eigenvalue weighted by molar-refractivity contribution is -0.145. The zero-order valence-electron chi connectivity index (χ0n) is 8.28. The number of carboxylic acid groups (broad SMARTS) is 1. The van der Waals surface area contributed by atoms with E-state index in [-0.39, 0.29) is 0 Å². The summed E-state index contributed by atoms with van der Waals surface area (Å²) in [4.78, 5) is 10.7. The van der Waals surface area contributed by atoms with Gasteiger partial charge in [-0.15, -0.1) is 0 Å². The highest BCUT2D eigenvalue weighted by Gasteiger charge is 2.18. The third kappa shape index (κ3) is 3.90. The van der Waals surface area contributed by atoms with Crippen molar-refractivity contribution in [1.82, 2.24) is 0 Å². The predicted molar refractivity (Wildman–Crippen MR) is 51.6 cm³/mol. The Bertz CT molecular complexity index is 216. The smallest absolute Gasteiger partial charge is 0.337 e. The van der Waals surface area contributed by atoms with Gasteiger partial charge < -0.3 is 9.84 Å². The maximum atomic E-state index is 10.7. The molecule has 0 aliphatic carbocycles. The number of hydrogen-bond donors (Lipinski definition) is 1. The molecule has 0 aliphatic heterocycles. The van der Waals surface area contributed by atoms with Crippen molar-refractivity contribution in [2.45, 2.75) is 26.4 Å². The van der Waals surface area contributed by atoms with Crippen LogP contribution in [0.2, 0.25) is 0 Å². The van der Waals surface area contributed by atoms with Crippen LogP contribution in [0.15, 0.2) is 23.8 Å². The minimum Gasteiger partial charge on any atom is -0.479 e. The molecule has 0 fully saturated rings. The van der Waals surface area contributed by atoms with E-state index < -0.39 is 12.1 Å². The van der Waals surface area contributed by atoms with Crippen molar-refractivity contribution in [2.75, 3.05) is 7.11 Å². The Kier molecular flexibility index (Phi) is 5.89. The maximum absolute atomic E-state index is 10.7. The quantitative estimate of drug-likeness (QED) is 0.665. The van der Waals surface area contributed by atoms with E-state index in [0.717, 1.165) is 6.42 Å². The van der Waals surface area contributed by atoms with Crippen molar-refractivity contribution in [1.29, 1.82) is 0 Å². The van der Waals surface area contributed by atoms with E-state index in [0.29, 0.717) is 5.57 Å². The van der Waals surface area contributed by atoms with Crippen molar-refractivity contribution < 1.29 is 14.6 Å². The van der Waals surface area contributed by atoms with Crippen molar-refractivity contribution in [3.8, 4) is 0 Å². The molecule has 0 rings (SSSR count). The Labute approximate surface area is 78.7 Å². The van der Waals surface area contributed by atoms with E-state index in [2.05, 4.69) is 0 Å². The SMILES string of the molecule is C/C=C\C(=C/CC)C(OC)C(=O)O. The molecule has 0 amide bonds. The van der Waals surface area contributed by atoms with Crippen molar-refractivity contribution in [3.63, 3.8) is 0 Å². The lowest BCUT2D eigenvalue weighted by atomic mass is 10.1. The van der Waals surface area contributed by atoms with E-state index in [1.165, 1.54) is 7.11 Å². The molecular formula is C10H16O3. The number of aliphatic carboxylic acids is 1. The van der Waals surface area contributed by atoms with Gasteiger partial charge in [-0.2, -0.15) is 0 Å². The van der Waals surface area contributed by atoms with Crippen LogP contribution in [0.5, 0.6) is 0 Å². The third-order valence-corrected chi connectivity index (χ3v) is 1.56. The largest absolute Gasteiger partial charge is 0.479 e. The molecule has 1 N–H and O–H groups in total. The number of carbonyl (C=O) groups is 1. The van der Waals surface area contributed by atoms with Crippen LogP contribution in [0, 0.1) is 0 Å². The monoisotopic (exact) mass is 184 g/mol. The van der Waals surface area contributed by atoms with Gasteiger partial charge in [0.25, 0.3) is 0 Å². The van der Waals surface area contributed by atoms with E-state index in [1.54, 1.807) is 12.2 Å². The van der Waals surface area contributed by atoms with Gasteiger partial charge in [-0.25, -0.2) is 4.79 Å². The molecule has 74 valence electrons. The molecule has 1 atom stereocenters. The molecule has 1 unspecified atom stereocenters. The number of carboxylic acids is 1. The predicted octanol–water partition coefficient (Wildman–Crippen LogP) is 2.00. The van der Waals surface area contributed by atoms with E-state index in [4.69, 9.17) is 9.84 Å². The summed E-state index contributed by atoms with van der Waals surface area (Å²) in [6, 6.07) is 0. The molecule has 0 spiro atoms. The second-order valence-electron chi connectivity index (χ2n) is 2.57. The van der Waals surface area contributed by atoms with Crippen molar-refractivity contribution >= 4 is 5.97 Å². The van der Waals surface area contributed by atoms with Crippen molar-refractivity contribution in [2.24, 2.45) is 0 Å². The molecule has 0 aliphatic rings. The first kappa shape index (κ1) is 11.9. The number of methoxy groups -OCH3 is 1. The summed E-state index contributed by atoms with van der Waals surface area (Å²) in [7, 11) is 1.39. The van der Waals surface area contributed by atoms with Gasteiger partial charge >= 0.3 is 5.97 Å². The summed E-state index contributed by atoms with van der Waals surface area (Å²) in [5.74, 6) is -0.958. The Morgan fingerprint density at radius 2 is 2.23 bits per heavy atom. The molecule has 13 heavy (non-hydrogen) atoms. The first-order valence-corrected chi connectivity index (χ1v) is 4.25. The molecule has 0 aromatic carbocycles. The normalized spacial score (nSPS) is 14.8. The summed E-state index contributed by atoms with van der Waals surface area (Å²) >= 11 is 0. The third-order valence-electron chi connectivity index (χ3n) is 1.56. The van der Waals surface area contributed by atoms with Crippen LogP contribution in [0.25, 0.3) is 0 Å². The minimum atomic E-state index is -0.958. The van der Waals surface area contributed by atoms with Crippen LogP contribution in [-0.2, 0) is 9.53 Å². The first-order valence-electron chi connectivity index (χ1n) is 4.25. The molecule has 3 heteroatoms. The van der Waals surface area contributed by atoms with E-state index in [1.807, 2.05) is 19.9 Å². The Morgan fingerprint density at radius 3 is 2.54 bits per heavy atom. The van der Waals surface area contributed by atoms with Gasteiger partial charge in [0.2, 0.25) is 0 Å². The van der Waals surface area contributed by atoms with Gasteiger partial charge in [0.05, 0.1) is 0 Å². The zero-order chi connectivity index (χ0) is 10.3. The first-order chi connectivity index (χ1) is 6.17. The van der Waals surface area contributed by atoms with E-state index >= 15 is 0 Å². The van der Waals surface area contributed by atoms with Gasteiger partial charge in [0.1, 0.15) is 0 Å². The van der Waals surface area contributed by atoms with Gasteiger partial charge in [-0.1, -0.05) is 25.2 Å². The number of rotatable bonds is 5. The number of ether oxygens (including phenoxy) is 1. The Morgan fingerprint density at radius 1 is 1.62 bits per heavy atom. The highest BCUT2D eigenvalue weighted by atomic mass is 16.5. The minimum absolute atomic E-state index is 0.694. The standard InChI is InChI=1S/C10H16O3/c1-4-6-8(7-5-2)9(13-3)10(11)12/h4,6-7,9H,5H2,1-3H3,(H,11,12)/b6-4-,8-7+. The van der Waals surface area contributed by atoms with Gasteiger partial charge in [0.15, 0.2) is 6.10 Å². The van der Waals surface area contributed by atoms with Crippen LogP contribution in [0.1, 0.15) is 20.3 Å². The van der Waals surface area contributed by atoms with Crippen LogP contribution in [-0.4, -0.2) is 24.3 Å². The molecule has 3 nitrogen and oxygen atoms in total. The topological polar surface area (TPSA) is 46.5 Å². The maximum Gasteiger partial charge on any atom is 0.337 e. The molecule has 0 saturated carbocycles. The highest BCUT2D eigenvalue weighted by Crippen LogP contribution is 2.09. The van der Waals surface area contributed by atoms with Gasteiger partial charge in [0, 0.05) is 7.11 Å². The summed E-state index contributed by atoms with van der Waals surface area (Å²) < 4.78 is 4.86. The summed E-state index contributed by atoms with van der Waals surface area (Å²) in [5, 5.41) is 8.80. The van der Waals surface area contributed by atoms with Crippen LogP contribution in [0.3, 0.4) is 0 Å². The molecular weight excluding hydrogens is 168 g/mol. The summed E-state index contributed by atoms with van der Waals surface area (Å²) in [6.45, 7) is 3.80. The summed E-state index contributed by atoms with van der Waals surface area (Å²) in [5.41, 5.74) is 0.694. The second-order valence-corrected chi connectivity index (χ2v) is 2.57. The fraction of sp³-hybridized carbons (Fsp3) is 0.500. The fourth-order valence-electron chi connectivity index (χ4n) is 1.07. The average Bonchev–Trinajstić information content (AvgIpc) is 2.05. The van der Waals surface area contributed by atoms with Crippen LogP contribution < -0.4 is 0 Å². The van der Waals surface area contributed by atoms with Crippen LogP contribution >= 0.6 is 0 Å². The van der Waals surface area contributed by atoms with E-state index in [9.17, 15) is 4.79 Å². The number of hydrogen-bond acceptors (Lipinski definition) is 2. The van der Waals surface area contributed by atoms with Crippen LogP contribution in [0.4, 0.5) is 0 Å². The highest BCUT2D eigenvalue weighted by molar-refractivity contribution is 5.77. The fourth-order valence-corrected chi connectivity index (χ4v) is 1.07. The van der Waals surface area contributed by atoms with Gasteiger partial charge in [-0.3, -0.25) is 0 Å². The van der Waals surface area contributed by atoms with Crippen molar-refractivity contribution in [3.05, 3.63) is 23.8 Å².